The molecule has 2 aromatic rings. The van der Waals surface area contributed by atoms with Gasteiger partial charge in [-0.25, -0.2) is 0 Å². The molecule has 0 radical (unpaired) electrons. The van der Waals surface area contributed by atoms with Crippen molar-refractivity contribution in [3.05, 3.63) is 33.9 Å². The van der Waals surface area contributed by atoms with Crippen molar-refractivity contribution in [2.75, 3.05) is 11.9 Å². The van der Waals surface area contributed by atoms with Crippen molar-refractivity contribution < 1.29 is 0 Å². The van der Waals surface area contributed by atoms with E-state index >= 15 is 0 Å². The van der Waals surface area contributed by atoms with Crippen LogP contribution < -0.4 is 5.32 Å². The SMILES string of the molecule is CCNc1cc(C(C)(C)C)nc2c(Br)cc(C)cc12. The number of nitrogens with one attached hydrogen (secondary N) is 1. The van der Waals surface area contributed by atoms with Crippen LogP contribution in [0.1, 0.15) is 39.0 Å². The van der Waals surface area contributed by atoms with Crippen LogP contribution in [0.25, 0.3) is 10.9 Å². The lowest BCUT2D eigenvalue weighted by Gasteiger charge is -2.21. The third-order valence-electron chi connectivity index (χ3n) is 3.15. The zero-order valence-electron chi connectivity index (χ0n) is 12.3. The van der Waals surface area contributed by atoms with E-state index in [1.54, 1.807) is 0 Å². The summed E-state index contributed by atoms with van der Waals surface area (Å²) in [5.41, 5.74) is 4.60. The lowest BCUT2D eigenvalue weighted by atomic mass is 9.90. The number of hydrogen-bond donors (Lipinski definition) is 1. The first-order valence-corrected chi connectivity index (χ1v) is 7.47. The van der Waals surface area contributed by atoms with Crippen molar-refractivity contribution in [3.63, 3.8) is 0 Å². The molecule has 0 aliphatic rings. The quantitative estimate of drug-likeness (QED) is 0.838. The number of anilines is 1. The molecule has 0 atom stereocenters. The number of nitrogens with zero attached hydrogens (tertiary/aromatic N) is 1. The standard InChI is InChI=1S/C16H21BrN2/c1-6-18-13-9-14(16(3,4)5)19-15-11(13)7-10(2)8-12(15)17/h7-9H,6H2,1-5H3,(H,18,19). The maximum absolute atomic E-state index is 4.84. The van der Waals surface area contributed by atoms with Gasteiger partial charge in [0, 0.05) is 33.2 Å². The fraction of sp³-hybridized carbons (Fsp3) is 0.438. The molecule has 0 amide bonds. The highest BCUT2D eigenvalue weighted by molar-refractivity contribution is 9.10. The van der Waals surface area contributed by atoms with Gasteiger partial charge in [-0.3, -0.25) is 4.98 Å². The summed E-state index contributed by atoms with van der Waals surface area (Å²) in [6.07, 6.45) is 0. The molecule has 0 saturated heterocycles. The number of aryl methyl sites for hydroxylation is 1. The molecule has 0 spiro atoms. The first-order chi connectivity index (χ1) is 8.82. The van der Waals surface area contributed by atoms with Crippen LogP contribution in [-0.2, 0) is 5.41 Å². The molecule has 0 fully saturated rings. The first-order valence-electron chi connectivity index (χ1n) is 6.68. The summed E-state index contributed by atoms with van der Waals surface area (Å²) < 4.78 is 1.06. The molecule has 2 nitrogen and oxygen atoms in total. The fourth-order valence-corrected chi connectivity index (χ4v) is 2.80. The summed E-state index contributed by atoms with van der Waals surface area (Å²) in [5, 5.41) is 4.64. The highest BCUT2D eigenvalue weighted by Gasteiger charge is 2.18. The van der Waals surface area contributed by atoms with Gasteiger partial charge < -0.3 is 5.32 Å². The zero-order chi connectivity index (χ0) is 14.2. The Morgan fingerprint density at radius 3 is 2.47 bits per heavy atom. The monoisotopic (exact) mass is 320 g/mol. The van der Waals surface area contributed by atoms with E-state index in [4.69, 9.17) is 4.98 Å². The van der Waals surface area contributed by atoms with Gasteiger partial charge in [0.15, 0.2) is 0 Å². The minimum atomic E-state index is 0.0443. The van der Waals surface area contributed by atoms with Crippen LogP contribution >= 0.6 is 15.9 Å². The zero-order valence-corrected chi connectivity index (χ0v) is 13.9. The predicted molar refractivity (Wildman–Crippen MR) is 87.0 cm³/mol. The van der Waals surface area contributed by atoms with Crippen molar-refractivity contribution in [1.82, 2.24) is 4.98 Å². The Morgan fingerprint density at radius 1 is 1.21 bits per heavy atom. The first kappa shape index (κ1) is 14.3. The van der Waals surface area contributed by atoms with E-state index in [2.05, 4.69) is 74.1 Å². The normalized spacial score (nSPS) is 11.9. The number of fused-ring (bicyclic) bond motifs is 1. The highest BCUT2D eigenvalue weighted by Crippen LogP contribution is 2.33. The van der Waals surface area contributed by atoms with Crippen molar-refractivity contribution in [2.45, 2.75) is 40.0 Å². The minimum absolute atomic E-state index is 0.0443. The van der Waals surface area contributed by atoms with Crippen LogP contribution in [0.3, 0.4) is 0 Å². The molecule has 19 heavy (non-hydrogen) atoms. The van der Waals surface area contributed by atoms with E-state index in [-0.39, 0.29) is 5.41 Å². The molecule has 2 rings (SSSR count). The molecule has 0 bridgehead atoms. The van der Waals surface area contributed by atoms with Crippen molar-refractivity contribution >= 4 is 32.5 Å². The summed E-state index contributed by atoms with van der Waals surface area (Å²) in [6, 6.07) is 6.49. The maximum Gasteiger partial charge on any atom is 0.0868 e. The Balaban J connectivity index is 2.79. The van der Waals surface area contributed by atoms with E-state index < -0.39 is 0 Å². The molecule has 0 saturated carbocycles. The molecule has 1 aromatic heterocycles. The van der Waals surface area contributed by atoms with Gasteiger partial charge in [-0.05, 0) is 53.5 Å². The number of aromatic nitrogens is 1. The summed E-state index contributed by atoms with van der Waals surface area (Å²) in [7, 11) is 0. The van der Waals surface area contributed by atoms with Crippen LogP contribution in [-0.4, -0.2) is 11.5 Å². The third-order valence-corrected chi connectivity index (χ3v) is 3.75. The number of hydrogen-bond acceptors (Lipinski definition) is 2. The van der Waals surface area contributed by atoms with Gasteiger partial charge in [0.05, 0.1) is 5.52 Å². The Bertz CT molecular complexity index is 612. The van der Waals surface area contributed by atoms with Crippen LogP contribution in [0, 0.1) is 6.92 Å². The van der Waals surface area contributed by atoms with Crippen molar-refractivity contribution in [2.24, 2.45) is 0 Å². The van der Waals surface area contributed by atoms with Gasteiger partial charge >= 0.3 is 0 Å². The second-order valence-corrected chi connectivity index (χ2v) is 6.83. The average molecular weight is 321 g/mol. The van der Waals surface area contributed by atoms with Gasteiger partial charge in [-0.1, -0.05) is 20.8 Å². The summed E-state index contributed by atoms with van der Waals surface area (Å²) >= 11 is 3.64. The minimum Gasteiger partial charge on any atom is -0.385 e. The number of rotatable bonds is 2. The molecule has 1 N–H and O–H groups in total. The van der Waals surface area contributed by atoms with E-state index in [0.29, 0.717) is 0 Å². The third kappa shape index (κ3) is 2.92. The lowest BCUT2D eigenvalue weighted by molar-refractivity contribution is 0.571. The van der Waals surface area contributed by atoms with Gasteiger partial charge in [-0.2, -0.15) is 0 Å². The predicted octanol–water partition coefficient (Wildman–Crippen LogP) is 5.04. The highest BCUT2D eigenvalue weighted by atomic mass is 79.9. The Hall–Kier alpha value is -1.09. The molecule has 0 aliphatic heterocycles. The van der Waals surface area contributed by atoms with Gasteiger partial charge in [0.25, 0.3) is 0 Å². The molecule has 102 valence electrons. The Kier molecular flexibility index (Phi) is 3.86. The Labute approximate surface area is 123 Å². The summed E-state index contributed by atoms with van der Waals surface area (Å²) in [6.45, 7) is 11.7. The molecule has 0 aliphatic carbocycles. The van der Waals surface area contributed by atoms with Crippen LogP contribution in [0.4, 0.5) is 5.69 Å². The average Bonchev–Trinajstić information content (AvgIpc) is 2.28. The van der Waals surface area contributed by atoms with Crippen LogP contribution in [0.5, 0.6) is 0 Å². The van der Waals surface area contributed by atoms with Crippen molar-refractivity contribution in [1.29, 1.82) is 0 Å². The molecular weight excluding hydrogens is 300 g/mol. The number of halogens is 1. The smallest absolute Gasteiger partial charge is 0.0868 e. The largest absolute Gasteiger partial charge is 0.385 e. The molecule has 3 heteroatoms. The summed E-state index contributed by atoms with van der Waals surface area (Å²) in [4.78, 5) is 4.84. The Morgan fingerprint density at radius 2 is 1.89 bits per heavy atom. The second-order valence-electron chi connectivity index (χ2n) is 5.98. The van der Waals surface area contributed by atoms with Gasteiger partial charge in [-0.15, -0.1) is 0 Å². The molecule has 1 heterocycles. The van der Waals surface area contributed by atoms with E-state index in [1.165, 1.54) is 16.6 Å². The summed E-state index contributed by atoms with van der Waals surface area (Å²) in [5.74, 6) is 0. The van der Waals surface area contributed by atoms with E-state index in [9.17, 15) is 0 Å². The molecular formula is C16H21BrN2. The maximum atomic E-state index is 4.84. The second kappa shape index (κ2) is 5.12. The number of pyridine rings is 1. The van der Waals surface area contributed by atoms with E-state index in [0.717, 1.165) is 22.2 Å². The van der Waals surface area contributed by atoms with Crippen molar-refractivity contribution in [3.8, 4) is 0 Å². The topological polar surface area (TPSA) is 24.9 Å². The van der Waals surface area contributed by atoms with Crippen LogP contribution in [0.2, 0.25) is 0 Å². The van der Waals surface area contributed by atoms with Gasteiger partial charge in [0.1, 0.15) is 0 Å². The van der Waals surface area contributed by atoms with Gasteiger partial charge in [0.2, 0.25) is 0 Å². The van der Waals surface area contributed by atoms with E-state index in [1.807, 2.05) is 0 Å². The van der Waals surface area contributed by atoms with Crippen LogP contribution in [0.15, 0.2) is 22.7 Å². The number of benzene rings is 1. The molecule has 0 unspecified atom stereocenters. The molecule has 1 aromatic carbocycles. The fourth-order valence-electron chi connectivity index (χ4n) is 2.14. The lowest BCUT2D eigenvalue weighted by Crippen LogP contribution is -2.14.